The highest BCUT2D eigenvalue weighted by Gasteiger charge is 2.09. The molecule has 1 aromatic heterocycles. The van der Waals surface area contributed by atoms with Gasteiger partial charge in [-0.1, -0.05) is 30.3 Å². The van der Waals surface area contributed by atoms with Crippen LogP contribution < -0.4 is 5.32 Å². The van der Waals surface area contributed by atoms with Crippen LogP contribution in [0.25, 0.3) is 0 Å². The van der Waals surface area contributed by atoms with E-state index in [2.05, 4.69) is 5.32 Å². The summed E-state index contributed by atoms with van der Waals surface area (Å²) < 4.78 is 1.89. The minimum absolute atomic E-state index is 0.0505. The molecule has 4 nitrogen and oxygen atoms in total. The Morgan fingerprint density at radius 3 is 2.67 bits per heavy atom. The number of amides is 1. The summed E-state index contributed by atoms with van der Waals surface area (Å²) in [6.45, 7) is 0.885. The van der Waals surface area contributed by atoms with E-state index in [9.17, 15) is 4.79 Å². The maximum absolute atomic E-state index is 11.8. The molecular formula is C14H16N2O2. The Hall–Kier alpha value is -2.07. The number of rotatable bonds is 5. The van der Waals surface area contributed by atoms with E-state index in [1.165, 1.54) is 0 Å². The van der Waals surface area contributed by atoms with Crippen molar-refractivity contribution in [2.45, 2.75) is 6.54 Å². The van der Waals surface area contributed by atoms with Crippen LogP contribution in [0.2, 0.25) is 0 Å². The van der Waals surface area contributed by atoms with Gasteiger partial charge in [-0.3, -0.25) is 4.79 Å². The Bertz CT molecular complexity index is 506. The zero-order valence-corrected chi connectivity index (χ0v) is 10.0. The molecule has 0 aliphatic rings. The number of aliphatic hydroxyl groups excluding tert-OH is 1. The first-order chi connectivity index (χ1) is 8.81. The van der Waals surface area contributed by atoms with E-state index in [4.69, 9.17) is 5.11 Å². The van der Waals surface area contributed by atoms with Gasteiger partial charge in [0.15, 0.2) is 0 Å². The van der Waals surface area contributed by atoms with E-state index in [-0.39, 0.29) is 19.1 Å². The van der Waals surface area contributed by atoms with Gasteiger partial charge in [0.25, 0.3) is 5.91 Å². The molecule has 1 heterocycles. The first kappa shape index (κ1) is 12.4. The molecule has 18 heavy (non-hydrogen) atoms. The fraction of sp³-hybridized carbons (Fsp3) is 0.214. The third-order valence-corrected chi connectivity index (χ3v) is 2.66. The minimum Gasteiger partial charge on any atom is -0.395 e. The minimum atomic E-state index is -0.162. The second kappa shape index (κ2) is 6.02. The molecule has 94 valence electrons. The lowest BCUT2D eigenvalue weighted by Gasteiger charge is -2.09. The lowest BCUT2D eigenvalue weighted by molar-refractivity contribution is 0.0936. The second-order valence-electron chi connectivity index (χ2n) is 3.99. The van der Waals surface area contributed by atoms with Gasteiger partial charge >= 0.3 is 0 Å². The van der Waals surface area contributed by atoms with Crippen LogP contribution >= 0.6 is 0 Å². The Morgan fingerprint density at radius 2 is 1.94 bits per heavy atom. The molecule has 2 rings (SSSR count). The summed E-state index contributed by atoms with van der Waals surface area (Å²) in [6.07, 6.45) is 1.88. The fourth-order valence-corrected chi connectivity index (χ4v) is 1.80. The van der Waals surface area contributed by atoms with Crippen LogP contribution in [0.4, 0.5) is 0 Å². The summed E-state index contributed by atoms with van der Waals surface area (Å²) in [5.41, 5.74) is 1.75. The second-order valence-corrected chi connectivity index (χ2v) is 3.99. The molecule has 0 bridgehead atoms. The molecule has 2 N–H and O–H groups in total. The average molecular weight is 244 g/mol. The van der Waals surface area contributed by atoms with Crippen LogP contribution in [0.1, 0.15) is 16.1 Å². The van der Waals surface area contributed by atoms with Crippen molar-refractivity contribution >= 4 is 5.91 Å². The molecule has 4 heteroatoms. The van der Waals surface area contributed by atoms with Crippen LogP contribution in [0.3, 0.4) is 0 Å². The SMILES string of the molecule is O=C(NCCO)c1cccn1Cc1ccccc1. The number of aliphatic hydroxyl groups is 1. The number of aromatic nitrogens is 1. The maximum atomic E-state index is 11.8. The predicted molar refractivity (Wildman–Crippen MR) is 69.4 cm³/mol. The van der Waals surface area contributed by atoms with E-state index >= 15 is 0 Å². The standard InChI is InChI=1S/C14H16N2O2/c17-10-8-15-14(18)13-7-4-9-16(13)11-12-5-2-1-3-6-12/h1-7,9,17H,8,10-11H2,(H,15,18). The van der Waals surface area contributed by atoms with Crippen molar-refractivity contribution in [3.63, 3.8) is 0 Å². The molecule has 1 aromatic carbocycles. The number of nitrogens with one attached hydrogen (secondary N) is 1. The lowest BCUT2D eigenvalue weighted by Crippen LogP contribution is -2.28. The largest absolute Gasteiger partial charge is 0.395 e. The highest BCUT2D eigenvalue weighted by molar-refractivity contribution is 5.92. The van der Waals surface area contributed by atoms with Crippen LogP contribution in [0, 0.1) is 0 Å². The van der Waals surface area contributed by atoms with E-state index in [1.807, 2.05) is 47.2 Å². The molecule has 0 saturated carbocycles. The van der Waals surface area contributed by atoms with Crippen molar-refractivity contribution in [3.8, 4) is 0 Å². The summed E-state index contributed by atoms with van der Waals surface area (Å²) in [7, 11) is 0. The number of hydrogen-bond donors (Lipinski definition) is 2. The first-order valence-electron chi connectivity index (χ1n) is 5.89. The molecule has 0 unspecified atom stereocenters. The smallest absolute Gasteiger partial charge is 0.267 e. The zero-order chi connectivity index (χ0) is 12.8. The van der Waals surface area contributed by atoms with Crippen molar-refractivity contribution in [1.29, 1.82) is 0 Å². The predicted octanol–water partition coefficient (Wildman–Crippen LogP) is 1.26. The molecule has 0 aliphatic heterocycles. The lowest BCUT2D eigenvalue weighted by atomic mass is 10.2. The number of benzene rings is 1. The summed E-state index contributed by atoms with van der Waals surface area (Å²) in [5, 5.41) is 11.3. The maximum Gasteiger partial charge on any atom is 0.267 e. The highest BCUT2D eigenvalue weighted by atomic mass is 16.3. The van der Waals surface area contributed by atoms with Crippen molar-refractivity contribution in [1.82, 2.24) is 9.88 Å². The Morgan fingerprint density at radius 1 is 1.17 bits per heavy atom. The van der Waals surface area contributed by atoms with Crippen LogP contribution in [0.5, 0.6) is 0 Å². The topological polar surface area (TPSA) is 54.3 Å². The molecular weight excluding hydrogens is 228 g/mol. The quantitative estimate of drug-likeness (QED) is 0.832. The van der Waals surface area contributed by atoms with E-state index in [1.54, 1.807) is 6.07 Å². The molecule has 0 atom stereocenters. The third kappa shape index (κ3) is 2.99. The highest BCUT2D eigenvalue weighted by Crippen LogP contribution is 2.07. The van der Waals surface area contributed by atoms with Gasteiger partial charge < -0.3 is 15.0 Å². The summed E-state index contributed by atoms with van der Waals surface area (Å²) in [6, 6.07) is 13.6. The van der Waals surface area contributed by atoms with Gasteiger partial charge in [-0.05, 0) is 17.7 Å². The van der Waals surface area contributed by atoms with Gasteiger partial charge in [0.2, 0.25) is 0 Å². The molecule has 2 aromatic rings. The molecule has 0 spiro atoms. The summed E-state index contributed by atoms with van der Waals surface area (Å²) >= 11 is 0. The van der Waals surface area contributed by atoms with E-state index in [0.29, 0.717) is 12.2 Å². The first-order valence-corrected chi connectivity index (χ1v) is 5.89. The number of hydrogen-bond acceptors (Lipinski definition) is 2. The number of nitrogens with zero attached hydrogens (tertiary/aromatic N) is 1. The van der Waals surface area contributed by atoms with E-state index < -0.39 is 0 Å². The fourth-order valence-electron chi connectivity index (χ4n) is 1.80. The zero-order valence-electron chi connectivity index (χ0n) is 10.0. The molecule has 0 fully saturated rings. The molecule has 1 amide bonds. The van der Waals surface area contributed by atoms with Crippen LogP contribution in [-0.4, -0.2) is 28.7 Å². The van der Waals surface area contributed by atoms with Crippen molar-refractivity contribution in [3.05, 3.63) is 59.9 Å². The molecule has 0 saturated heterocycles. The number of carbonyl (C=O) groups is 1. The van der Waals surface area contributed by atoms with Crippen molar-refractivity contribution < 1.29 is 9.90 Å². The van der Waals surface area contributed by atoms with Crippen molar-refractivity contribution in [2.24, 2.45) is 0 Å². The van der Waals surface area contributed by atoms with E-state index in [0.717, 1.165) is 5.56 Å². The van der Waals surface area contributed by atoms with Gasteiger partial charge in [0.05, 0.1) is 6.61 Å². The van der Waals surface area contributed by atoms with Gasteiger partial charge in [0, 0.05) is 19.3 Å². The van der Waals surface area contributed by atoms with Crippen molar-refractivity contribution in [2.75, 3.05) is 13.2 Å². The average Bonchev–Trinajstić information content (AvgIpc) is 2.85. The summed E-state index contributed by atoms with van der Waals surface area (Å²) in [5.74, 6) is -0.162. The van der Waals surface area contributed by atoms with Gasteiger partial charge in [0.1, 0.15) is 5.69 Å². The molecule has 0 aliphatic carbocycles. The van der Waals surface area contributed by atoms with Crippen LogP contribution in [0.15, 0.2) is 48.7 Å². The normalized spacial score (nSPS) is 10.3. The summed E-state index contributed by atoms with van der Waals surface area (Å²) in [4.78, 5) is 11.8. The third-order valence-electron chi connectivity index (χ3n) is 2.66. The molecule has 0 radical (unpaired) electrons. The van der Waals surface area contributed by atoms with Gasteiger partial charge in [-0.15, -0.1) is 0 Å². The Balaban J connectivity index is 2.10. The Labute approximate surface area is 106 Å². The number of carbonyl (C=O) groups excluding carboxylic acids is 1. The monoisotopic (exact) mass is 244 g/mol. The van der Waals surface area contributed by atoms with Gasteiger partial charge in [-0.25, -0.2) is 0 Å². The Kier molecular flexibility index (Phi) is 4.15. The van der Waals surface area contributed by atoms with Gasteiger partial charge in [-0.2, -0.15) is 0 Å². The van der Waals surface area contributed by atoms with Crippen LogP contribution in [-0.2, 0) is 6.54 Å².